The fourth-order valence-corrected chi connectivity index (χ4v) is 5.53. The number of likely N-dealkylation sites (tertiary alicyclic amines) is 1. The maximum absolute atomic E-state index is 13.7. The molecule has 2 aromatic heterocycles. The van der Waals surface area contributed by atoms with Gasteiger partial charge in [-0.1, -0.05) is 0 Å². The van der Waals surface area contributed by atoms with Crippen LogP contribution in [0.15, 0.2) is 42.2 Å². The Morgan fingerprint density at radius 1 is 1.17 bits per heavy atom. The molecule has 2 fully saturated rings. The second-order valence-corrected chi connectivity index (χ2v) is 9.71. The molecular formula is C25H27N7O2S. The number of hydrogen-bond acceptors (Lipinski definition) is 9. The molecule has 2 atom stereocenters. The molecule has 0 unspecified atom stereocenters. The lowest BCUT2D eigenvalue weighted by Crippen LogP contribution is -2.33. The maximum atomic E-state index is 13.7. The molecule has 4 heterocycles. The van der Waals surface area contributed by atoms with E-state index in [2.05, 4.69) is 20.3 Å². The standard InChI is InChI=1S/C25H27N7O2S/c1-15-14-35-24(31-15)21-5-3-9-32(21)25(33)18-11-16(20-13-28-7-8-30-20)10-17(12-18)22(26)34-23(27)19-4-2-6-29-19/h7-8,10-14,19,21,26-27,29H,2-6,9H2,1H3/t19-,21+/m0/s1. The number of hydrogen-bond donors (Lipinski definition) is 3. The molecule has 0 radical (unpaired) electrons. The Kier molecular flexibility index (Phi) is 6.65. The lowest BCUT2D eigenvalue weighted by molar-refractivity contribution is 0.0735. The number of amides is 1. The SMILES string of the molecule is Cc1csc([C@H]2CCCN2C(=O)c2cc(C(=N)OC(=N)[C@@H]3CCCN3)cc(-c3cnccn3)c2)n1. The zero-order chi connectivity index (χ0) is 24.4. The summed E-state index contributed by atoms with van der Waals surface area (Å²) in [5, 5.41) is 23.0. The largest absolute Gasteiger partial charge is 0.424 e. The van der Waals surface area contributed by atoms with Crippen LogP contribution in [0.5, 0.6) is 0 Å². The van der Waals surface area contributed by atoms with E-state index in [1.165, 1.54) is 0 Å². The highest BCUT2D eigenvalue weighted by Gasteiger charge is 2.33. The third-order valence-corrected chi connectivity index (χ3v) is 7.39. The molecule has 3 aromatic rings. The van der Waals surface area contributed by atoms with E-state index in [9.17, 15) is 4.79 Å². The van der Waals surface area contributed by atoms with Crippen molar-refractivity contribution in [3.8, 4) is 11.3 Å². The van der Waals surface area contributed by atoms with Crippen molar-refractivity contribution in [2.75, 3.05) is 13.1 Å². The number of ether oxygens (including phenoxy) is 1. The van der Waals surface area contributed by atoms with E-state index in [0.29, 0.717) is 28.9 Å². The van der Waals surface area contributed by atoms with Crippen LogP contribution in [-0.4, -0.2) is 56.7 Å². The average Bonchev–Trinajstić information content (AvgIpc) is 3.65. The normalized spacial score (nSPS) is 19.6. The van der Waals surface area contributed by atoms with Crippen molar-refractivity contribution in [2.24, 2.45) is 0 Å². The lowest BCUT2D eigenvalue weighted by atomic mass is 10.0. The van der Waals surface area contributed by atoms with Gasteiger partial charge in [-0.05, 0) is 57.4 Å². The van der Waals surface area contributed by atoms with Gasteiger partial charge in [0.15, 0.2) is 0 Å². The van der Waals surface area contributed by atoms with Crippen LogP contribution in [0.2, 0.25) is 0 Å². The summed E-state index contributed by atoms with van der Waals surface area (Å²) in [6.45, 7) is 3.45. The van der Waals surface area contributed by atoms with Crippen molar-refractivity contribution < 1.29 is 9.53 Å². The molecule has 0 spiro atoms. The number of aromatic nitrogens is 3. The number of benzene rings is 1. The molecule has 9 nitrogen and oxygen atoms in total. The fraction of sp³-hybridized carbons (Fsp3) is 0.360. The van der Waals surface area contributed by atoms with Crippen molar-refractivity contribution in [1.82, 2.24) is 25.2 Å². The third-order valence-electron chi connectivity index (χ3n) is 6.33. The quantitative estimate of drug-likeness (QED) is 0.368. The number of aryl methyl sites for hydroxylation is 1. The summed E-state index contributed by atoms with van der Waals surface area (Å²) >= 11 is 1.58. The summed E-state index contributed by atoms with van der Waals surface area (Å²) in [6, 6.07) is 4.97. The van der Waals surface area contributed by atoms with Crippen molar-refractivity contribution in [3.05, 3.63) is 64.0 Å². The number of thiazole rings is 1. The van der Waals surface area contributed by atoms with Crippen LogP contribution < -0.4 is 5.32 Å². The smallest absolute Gasteiger partial charge is 0.254 e. The topological polar surface area (TPSA) is 128 Å². The van der Waals surface area contributed by atoms with Gasteiger partial charge in [-0.2, -0.15) is 0 Å². The predicted octanol–water partition coefficient (Wildman–Crippen LogP) is 3.96. The van der Waals surface area contributed by atoms with E-state index in [-0.39, 0.29) is 29.8 Å². The summed E-state index contributed by atoms with van der Waals surface area (Å²) in [5.74, 6) is -0.270. The minimum Gasteiger partial charge on any atom is -0.424 e. The van der Waals surface area contributed by atoms with E-state index in [1.807, 2.05) is 17.2 Å². The van der Waals surface area contributed by atoms with Gasteiger partial charge >= 0.3 is 0 Å². The molecule has 0 bridgehead atoms. The second kappa shape index (κ2) is 10.0. The molecule has 180 valence electrons. The molecule has 1 aromatic carbocycles. The van der Waals surface area contributed by atoms with Gasteiger partial charge in [0, 0.05) is 46.7 Å². The van der Waals surface area contributed by atoms with Gasteiger partial charge in [0.25, 0.3) is 5.91 Å². The van der Waals surface area contributed by atoms with Crippen molar-refractivity contribution in [1.29, 1.82) is 10.8 Å². The van der Waals surface area contributed by atoms with Gasteiger partial charge in [0.2, 0.25) is 11.8 Å². The molecule has 2 saturated heterocycles. The minimum absolute atomic E-state index is 0.0176. The average molecular weight is 490 g/mol. The fourth-order valence-electron chi connectivity index (χ4n) is 4.58. The minimum atomic E-state index is -0.188. The Labute approximate surface area is 207 Å². The van der Waals surface area contributed by atoms with Crippen LogP contribution >= 0.6 is 11.3 Å². The molecule has 2 aliphatic rings. The predicted molar refractivity (Wildman–Crippen MR) is 134 cm³/mol. The highest BCUT2D eigenvalue weighted by Crippen LogP contribution is 2.35. The van der Waals surface area contributed by atoms with Crippen LogP contribution in [-0.2, 0) is 4.74 Å². The van der Waals surface area contributed by atoms with Crippen LogP contribution in [0.3, 0.4) is 0 Å². The summed E-state index contributed by atoms with van der Waals surface area (Å²) in [6.07, 6.45) is 8.37. The number of carbonyl (C=O) groups excluding carboxylic acids is 1. The Hall–Kier alpha value is -3.50. The van der Waals surface area contributed by atoms with Crippen molar-refractivity contribution in [2.45, 2.75) is 44.7 Å². The summed E-state index contributed by atoms with van der Waals surface area (Å²) in [7, 11) is 0. The lowest BCUT2D eigenvalue weighted by Gasteiger charge is -2.24. The van der Waals surface area contributed by atoms with E-state index >= 15 is 0 Å². The van der Waals surface area contributed by atoms with Gasteiger partial charge in [-0.25, -0.2) is 4.98 Å². The van der Waals surface area contributed by atoms with Crippen LogP contribution in [0, 0.1) is 17.7 Å². The Morgan fingerprint density at radius 3 is 2.74 bits per heavy atom. The Bertz CT molecular complexity index is 1250. The Balaban J connectivity index is 1.47. The van der Waals surface area contributed by atoms with Gasteiger partial charge in [-0.15, -0.1) is 11.3 Å². The number of rotatable bonds is 5. The van der Waals surface area contributed by atoms with E-state index in [1.54, 1.807) is 48.1 Å². The highest BCUT2D eigenvalue weighted by atomic mass is 32.1. The van der Waals surface area contributed by atoms with Gasteiger partial charge in [0.05, 0.1) is 24.0 Å². The molecule has 1 amide bonds. The van der Waals surface area contributed by atoms with Crippen molar-refractivity contribution in [3.63, 3.8) is 0 Å². The summed E-state index contributed by atoms with van der Waals surface area (Å²) in [4.78, 5) is 28.7. The molecule has 10 heteroatoms. The number of carbonyl (C=O) groups is 1. The first-order valence-corrected chi connectivity index (χ1v) is 12.6. The molecule has 0 saturated carbocycles. The van der Waals surface area contributed by atoms with Crippen LogP contribution in [0.25, 0.3) is 11.3 Å². The highest BCUT2D eigenvalue weighted by molar-refractivity contribution is 7.09. The molecule has 3 N–H and O–H groups in total. The van der Waals surface area contributed by atoms with Gasteiger partial charge in [0.1, 0.15) is 5.01 Å². The van der Waals surface area contributed by atoms with E-state index in [0.717, 1.165) is 42.9 Å². The molecule has 35 heavy (non-hydrogen) atoms. The Morgan fingerprint density at radius 2 is 2.03 bits per heavy atom. The van der Waals surface area contributed by atoms with Gasteiger partial charge in [-0.3, -0.25) is 25.6 Å². The zero-order valence-electron chi connectivity index (χ0n) is 19.5. The first-order valence-electron chi connectivity index (χ1n) is 11.7. The number of nitrogens with one attached hydrogen (secondary N) is 3. The summed E-state index contributed by atoms with van der Waals surface area (Å²) in [5.41, 5.74) is 3.08. The molecule has 0 aliphatic carbocycles. The summed E-state index contributed by atoms with van der Waals surface area (Å²) < 4.78 is 5.60. The zero-order valence-corrected chi connectivity index (χ0v) is 20.3. The first kappa shape index (κ1) is 23.3. The monoisotopic (exact) mass is 489 g/mol. The van der Waals surface area contributed by atoms with Crippen LogP contribution in [0.4, 0.5) is 0 Å². The third kappa shape index (κ3) is 4.98. The second-order valence-electron chi connectivity index (χ2n) is 8.82. The maximum Gasteiger partial charge on any atom is 0.254 e. The van der Waals surface area contributed by atoms with Gasteiger partial charge < -0.3 is 15.0 Å². The van der Waals surface area contributed by atoms with Crippen molar-refractivity contribution >= 4 is 29.0 Å². The first-order chi connectivity index (χ1) is 17.0. The van der Waals surface area contributed by atoms with Crippen LogP contribution in [0.1, 0.15) is 58.3 Å². The molecule has 5 rings (SSSR count). The van der Waals surface area contributed by atoms with E-state index < -0.39 is 0 Å². The van der Waals surface area contributed by atoms with E-state index in [4.69, 9.17) is 15.6 Å². The number of nitrogens with zero attached hydrogens (tertiary/aromatic N) is 4. The molecular weight excluding hydrogens is 462 g/mol. The molecule has 2 aliphatic heterocycles.